The second-order valence-corrected chi connectivity index (χ2v) is 9.67. The van der Waals surface area contributed by atoms with Gasteiger partial charge in [-0.3, -0.25) is 0 Å². The van der Waals surface area contributed by atoms with Gasteiger partial charge in [0.2, 0.25) is 10.0 Å². The third-order valence-corrected chi connectivity index (χ3v) is 7.86. The molecule has 0 N–H and O–H groups in total. The van der Waals surface area contributed by atoms with Gasteiger partial charge in [-0.15, -0.1) is 11.8 Å². The molecule has 2 aliphatic heterocycles. The lowest BCUT2D eigenvalue weighted by molar-refractivity contribution is 0.0162. The van der Waals surface area contributed by atoms with Gasteiger partial charge in [0.1, 0.15) is 10.7 Å². The van der Waals surface area contributed by atoms with E-state index in [-0.39, 0.29) is 4.93 Å². The maximum absolute atomic E-state index is 12.9. The van der Waals surface area contributed by atoms with Crippen LogP contribution >= 0.6 is 11.8 Å². The van der Waals surface area contributed by atoms with Gasteiger partial charge in [0.25, 0.3) is 0 Å². The number of piperidine rings is 1. The molecule has 134 valence electrons. The molecular weight excluding hydrogens is 346 g/mol. The number of hydrogen-bond acceptors (Lipinski definition) is 5. The van der Waals surface area contributed by atoms with E-state index < -0.39 is 10.0 Å². The van der Waals surface area contributed by atoms with E-state index >= 15 is 0 Å². The zero-order chi connectivity index (χ0) is 17.2. The van der Waals surface area contributed by atoms with Crippen LogP contribution in [0, 0.1) is 6.92 Å². The predicted octanol–water partition coefficient (Wildman–Crippen LogP) is 3.03. The SMILES string of the molecule is CCCOc1ccc(S(=O)(=O)N2CCC3(CC2)OCCS3)cc1C. The highest BCUT2D eigenvalue weighted by Crippen LogP contribution is 2.42. The monoisotopic (exact) mass is 371 g/mol. The van der Waals surface area contributed by atoms with Gasteiger partial charge >= 0.3 is 0 Å². The standard InChI is InChI=1S/C17H25NO4S2/c1-3-10-21-16-5-4-15(13-14(16)2)24(19,20)18-8-6-17(7-9-18)22-11-12-23-17/h4-5,13H,3,6-12H2,1-2H3. The van der Waals surface area contributed by atoms with Gasteiger partial charge in [-0.05, 0) is 49.9 Å². The molecule has 2 heterocycles. The third-order valence-electron chi connectivity index (χ3n) is 4.54. The zero-order valence-corrected chi connectivity index (χ0v) is 15.9. The van der Waals surface area contributed by atoms with Gasteiger partial charge in [0.05, 0.1) is 18.1 Å². The van der Waals surface area contributed by atoms with E-state index in [0.29, 0.717) is 24.6 Å². The van der Waals surface area contributed by atoms with Crippen molar-refractivity contribution in [3.8, 4) is 5.75 Å². The molecule has 0 amide bonds. The van der Waals surface area contributed by atoms with Crippen LogP contribution in [0.25, 0.3) is 0 Å². The first-order chi connectivity index (χ1) is 11.5. The van der Waals surface area contributed by atoms with Crippen molar-refractivity contribution in [3.05, 3.63) is 23.8 Å². The number of aryl methyl sites for hydroxylation is 1. The number of benzene rings is 1. The molecule has 24 heavy (non-hydrogen) atoms. The summed E-state index contributed by atoms with van der Waals surface area (Å²) >= 11 is 1.83. The maximum atomic E-state index is 12.9. The molecule has 3 rings (SSSR count). The second-order valence-electron chi connectivity index (χ2n) is 6.29. The highest BCUT2D eigenvalue weighted by atomic mass is 32.2. The Hall–Kier alpha value is -0.760. The fourth-order valence-electron chi connectivity index (χ4n) is 3.16. The Balaban J connectivity index is 1.72. The molecule has 7 heteroatoms. The van der Waals surface area contributed by atoms with Crippen molar-refractivity contribution < 1.29 is 17.9 Å². The maximum Gasteiger partial charge on any atom is 0.243 e. The smallest absolute Gasteiger partial charge is 0.243 e. The summed E-state index contributed by atoms with van der Waals surface area (Å²) in [6.45, 7) is 6.38. The van der Waals surface area contributed by atoms with Crippen molar-refractivity contribution in [2.75, 3.05) is 32.1 Å². The summed E-state index contributed by atoms with van der Waals surface area (Å²) in [5.74, 6) is 1.76. The fourth-order valence-corrected chi connectivity index (χ4v) is 5.86. The molecule has 1 aromatic carbocycles. The molecule has 1 aromatic rings. The highest BCUT2D eigenvalue weighted by Gasteiger charge is 2.42. The molecule has 0 unspecified atom stereocenters. The molecule has 2 saturated heterocycles. The topological polar surface area (TPSA) is 55.8 Å². The van der Waals surface area contributed by atoms with Crippen LogP contribution in [0.5, 0.6) is 5.75 Å². The van der Waals surface area contributed by atoms with E-state index in [1.165, 1.54) is 0 Å². The zero-order valence-electron chi connectivity index (χ0n) is 14.3. The number of hydrogen-bond donors (Lipinski definition) is 0. The van der Waals surface area contributed by atoms with Crippen molar-refractivity contribution >= 4 is 21.8 Å². The number of ether oxygens (including phenoxy) is 2. The van der Waals surface area contributed by atoms with E-state index in [9.17, 15) is 8.42 Å². The van der Waals surface area contributed by atoms with E-state index in [4.69, 9.17) is 9.47 Å². The highest BCUT2D eigenvalue weighted by molar-refractivity contribution is 8.00. The Bertz CT molecular complexity index is 674. The summed E-state index contributed by atoms with van der Waals surface area (Å²) in [5, 5.41) is 0. The second kappa shape index (κ2) is 7.23. The van der Waals surface area contributed by atoms with Gasteiger partial charge in [-0.25, -0.2) is 8.42 Å². The average Bonchev–Trinajstić information content (AvgIpc) is 3.02. The molecule has 2 aliphatic rings. The van der Waals surface area contributed by atoms with Crippen LogP contribution in [0.15, 0.2) is 23.1 Å². The molecule has 0 bridgehead atoms. The third kappa shape index (κ3) is 3.59. The van der Waals surface area contributed by atoms with Gasteiger partial charge in [-0.1, -0.05) is 6.92 Å². The predicted molar refractivity (Wildman–Crippen MR) is 96.1 cm³/mol. The first kappa shape index (κ1) is 18.0. The van der Waals surface area contributed by atoms with E-state index in [1.807, 2.05) is 25.6 Å². The van der Waals surface area contributed by atoms with Crippen molar-refractivity contribution in [1.29, 1.82) is 0 Å². The molecular formula is C17H25NO4S2. The first-order valence-electron chi connectivity index (χ1n) is 8.48. The summed E-state index contributed by atoms with van der Waals surface area (Å²) < 4.78 is 38.9. The van der Waals surface area contributed by atoms with Crippen LogP contribution in [0.2, 0.25) is 0 Å². The van der Waals surface area contributed by atoms with Crippen molar-refractivity contribution in [2.24, 2.45) is 0 Å². The lowest BCUT2D eigenvalue weighted by atomic mass is 10.1. The number of thioether (sulfide) groups is 1. The number of sulfonamides is 1. The Morgan fingerprint density at radius 3 is 2.67 bits per heavy atom. The van der Waals surface area contributed by atoms with E-state index in [1.54, 1.807) is 22.5 Å². The van der Waals surface area contributed by atoms with Crippen LogP contribution < -0.4 is 4.74 Å². The number of nitrogens with zero attached hydrogens (tertiary/aromatic N) is 1. The van der Waals surface area contributed by atoms with Crippen LogP contribution in [0.1, 0.15) is 31.7 Å². The van der Waals surface area contributed by atoms with Gasteiger partial charge < -0.3 is 9.47 Å². The normalized spacial score (nSPS) is 21.2. The average molecular weight is 372 g/mol. The fraction of sp³-hybridized carbons (Fsp3) is 0.647. The van der Waals surface area contributed by atoms with Gasteiger partial charge in [-0.2, -0.15) is 4.31 Å². The van der Waals surface area contributed by atoms with Crippen LogP contribution in [0.3, 0.4) is 0 Å². The minimum Gasteiger partial charge on any atom is -0.493 e. The lowest BCUT2D eigenvalue weighted by Gasteiger charge is -2.37. The Morgan fingerprint density at radius 2 is 2.08 bits per heavy atom. The Morgan fingerprint density at radius 1 is 1.33 bits per heavy atom. The summed E-state index contributed by atoms with van der Waals surface area (Å²) in [5.41, 5.74) is 0.854. The van der Waals surface area contributed by atoms with E-state index in [2.05, 4.69) is 0 Å². The molecule has 0 radical (unpaired) electrons. The quantitative estimate of drug-likeness (QED) is 0.796. The van der Waals surface area contributed by atoms with Crippen molar-refractivity contribution in [2.45, 2.75) is 42.9 Å². The van der Waals surface area contributed by atoms with Crippen LogP contribution in [-0.2, 0) is 14.8 Å². The van der Waals surface area contributed by atoms with Gasteiger partial charge in [0, 0.05) is 18.8 Å². The minimum absolute atomic E-state index is 0.153. The van der Waals surface area contributed by atoms with Crippen LogP contribution in [0.4, 0.5) is 0 Å². The summed E-state index contributed by atoms with van der Waals surface area (Å²) in [7, 11) is -3.46. The largest absolute Gasteiger partial charge is 0.493 e. The molecule has 0 saturated carbocycles. The summed E-state index contributed by atoms with van der Waals surface area (Å²) in [4.78, 5) is 0.194. The van der Waals surface area contributed by atoms with E-state index in [0.717, 1.165) is 42.9 Å². The Labute approximate surface area is 148 Å². The van der Waals surface area contributed by atoms with Crippen molar-refractivity contribution in [3.63, 3.8) is 0 Å². The molecule has 1 spiro atoms. The minimum atomic E-state index is -3.46. The molecule has 5 nitrogen and oxygen atoms in total. The number of rotatable bonds is 5. The van der Waals surface area contributed by atoms with Gasteiger partial charge in [0.15, 0.2) is 0 Å². The molecule has 0 aliphatic carbocycles. The molecule has 0 aromatic heterocycles. The first-order valence-corrected chi connectivity index (χ1v) is 10.9. The Kier molecular flexibility index (Phi) is 5.44. The summed E-state index contributed by atoms with van der Waals surface area (Å²) in [6.07, 6.45) is 2.44. The van der Waals surface area contributed by atoms with Crippen LogP contribution in [-0.4, -0.2) is 49.7 Å². The molecule has 0 atom stereocenters. The summed E-state index contributed by atoms with van der Waals surface area (Å²) in [6, 6.07) is 5.13. The van der Waals surface area contributed by atoms with Crippen molar-refractivity contribution in [1.82, 2.24) is 4.31 Å². The lowest BCUT2D eigenvalue weighted by Crippen LogP contribution is -2.44. The molecule has 2 fully saturated rings.